The Kier molecular flexibility index (Phi) is 5.62. The van der Waals surface area contributed by atoms with E-state index in [4.69, 9.17) is 0 Å². The molecule has 0 radical (unpaired) electrons. The zero-order valence-corrected chi connectivity index (χ0v) is 15.6. The first kappa shape index (κ1) is 18.8. The van der Waals surface area contributed by atoms with Gasteiger partial charge in [-0.2, -0.15) is 4.72 Å². The summed E-state index contributed by atoms with van der Waals surface area (Å²) in [5.41, 5.74) is 0.560. The van der Waals surface area contributed by atoms with E-state index < -0.39 is 22.5 Å². The van der Waals surface area contributed by atoms with Crippen LogP contribution in [0.25, 0.3) is 0 Å². The summed E-state index contributed by atoms with van der Waals surface area (Å²) in [6.07, 6.45) is 5.50. The van der Waals surface area contributed by atoms with Gasteiger partial charge in [-0.05, 0) is 61.3 Å². The van der Waals surface area contributed by atoms with Gasteiger partial charge in [0.25, 0.3) is 0 Å². The average Bonchev–Trinajstić information content (AvgIpc) is 3.23. The topological polar surface area (TPSA) is 102 Å². The number of esters is 1. The summed E-state index contributed by atoms with van der Waals surface area (Å²) >= 11 is 0. The van der Waals surface area contributed by atoms with Crippen LogP contribution in [-0.4, -0.2) is 33.9 Å². The van der Waals surface area contributed by atoms with Crippen molar-refractivity contribution in [3.8, 4) is 0 Å². The standard InChI is InChI=1S/C18H24N2O5S/c1-25-18(22)11-19-26(23,24)16-6-4-15(5-7-16)20-17(21)10-14-9-12-2-3-13(14)8-12/h4-7,12-14,19H,2-3,8-11H2,1H3,(H,20,21)/t12-,13+,14-/m0/s1. The van der Waals surface area contributed by atoms with Gasteiger partial charge in [0.05, 0.1) is 12.0 Å². The normalized spacial score (nSPS) is 24.4. The molecule has 2 N–H and O–H groups in total. The minimum Gasteiger partial charge on any atom is -0.468 e. The fraction of sp³-hybridized carbons (Fsp3) is 0.556. The molecule has 2 aliphatic rings. The van der Waals surface area contributed by atoms with Gasteiger partial charge in [0.2, 0.25) is 15.9 Å². The highest BCUT2D eigenvalue weighted by Crippen LogP contribution is 2.49. The van der Waals surface area contributed by atoms with Crippen LogP contribution < -0.4 is 10.0 Å². The number of carbonyl (C=O) groups excluding carboxylic acids is 2. The molecule has 1 aromatic rings. The van der Waals surface area contributed by atoms with Gasteiger partial charge in [0, 0.05) is 12.1 Å². The molecule has 2 saturated carbocycles. The Hall–Kier alpha value is -1.93. The van der Waals surface area contributed by atoms with Crippen LogP contribution in [0.5, 0.6) is 0 Å². The van der Waals surface area contributed by atoms with E-state index in [0.29, 0.717) is 23.9 Å². The summed E-state index contributed by atoms with van der Waals surface area (Å²) < 4.78 is 30.7. The molecule has 0 aliphatic heterocycles. The predicted octanol–water partition coefficient (Wildman–Crippen LogP) is 1.90. The zero-order chi connectivity index (χ0) is 18.7. The third kappa shape index (κ3) is 4.42. The molecule has 7 nitrogen and oxygen atoms in total. The molecule has 2 fully saturated rings. The number of amides is 1. The molecule has 1 amide bonds. The molecule has 3 atom stereocenters. The predicted molar refractivity (Wildman–Crippen MR) is 95.8 cm³/mol. The summed E-state index contributed by atoms with van der Waals surface area (Å²) in [7, 11) is -2.61. The third-order valence-electron chi connectivity index (χ3n) is 5.41. The number of benzene rings is 1. The Labute approximate surface area is 153 Å². The molecule has 2 bridgehead atoms. The van der Waals surface area contributed by atoms with Gasteiger partial charge < -0.3 is 10.1 Å². The Morgan fingerprint density at radius 1 is 1.15 bits per heavy atom. The van der Waals surface area contributed by atoms with Gasteiger partial charge in [-0.15, -0.1) is 0 Å². The maximum atomic E-state index is 12.2. The number of methoxy groups -OCH3 is 1. The number of carbonyl (C=O) groups is 2. The first-order valence-electron chi connectivity index (χ1n) is 8.84. The number of fused-ring (bicyclic) bond motifs is 2. The number of nitrogens with one attached hydrogen (secondary N) is 2. The highest BCUT2D eigenvalue weighted by Gasteiger charge is 2.40. The lowest BCUT2D eigenvalue weighted by Gasteiger charge is -2.20. The molecule has 0 heterocycles. The van der Waals surface area contributed by atoms with Crippen molar-refractivity contribution < 1.29 is 22.7 Å². The minimum atomic E-state index is -3.80. The van der Waals surface area contributed by atoms with Gasteiger partial charge in [0.1, 0.15) is 6.54 Å². The van der Waals surface area contributed by atoms with Crippen LogP contribution in [0, 0.1) is 17.8 Å². The van der Waals surface area contributed by atoms with Crippen LogP contribution in [0.1, 0.15) is 32.1 Å². The Bertz CT molecular complexity index is 775. The number of anilines is 1. The molecule has 2 aliphatic carbocycles. The van der Waals surface area contributed by atoms with Crippen molar-refractivity contribution >= 4 is 27.6 Å². The highest BCUT2D eigenvalue weighted by molar-refractivity contribution is 7.89. The molecule has 3 rings (SSSR count). The zero-order valence-electron chi connectivity index (χ0n) is 14.7. The van der Waals surface area contributed by atoms with Crippen molar-refractivity contribution in [1.82, 2.24) is 4.72 Å². The van der Waals surface area contributed by atoms with Crippen LogP contribution in [0.15, 0.2) is 29.2 Å². The lowest BCUT2D eigenvalue weighted by molar-refractivity contribution is -0.139. The summed E-state index contributed by atoms with van der Waals surface area (Å²) in [4.78, 5) is 23.3. The van der Waals surface area contributed by atoms with E-state index >= 15 is 0 Å². The molecule has 0 aromatic heterocycles. The fourth-order valence-electron chi connectivity index (χ4n) is 4.10. The Morgan fingerprint density at radius 2 is 1.88 bits per heavy atom. The van der Waals surface area contributed by atoms with Gasteiger partial charge in [-0.25, -0.2) is 8.42 Å². The van der Waals surface area contributed by atoms with E-state index in [1.807, 2.05) is 0 Å². The fourth-order valence-corrected chi connectivity index (χ4v) is 5.07. The van der Waals surface area contributed by atoms with E-state index in [1.54, 1.807) is 12.1 Å². The average molecular weight is 380 g/mol. The SMILES string of the molecule is COC(=O)CNS(=O)(=O)c1ccc(NC(=O)C[C@@H]2C[C@H]3CC[C@@H]2C3)cc1. The maximum absolute atomic E-state index is 12.2. The van der Waals surface area contributed by atoms with Crippen LogP contribution in [0.2, 0.25) is 0 Å². The monoisotopic (exact) mass is 380 g/mol. The molecule has 0 spiro atoms. The van der Waals surface area contributed by atoms with E-state index in [9.17, 15) is 18.0 Å². The molecule has 1 aromatic carbocycles. The van der Waals surface area contributed by atoms with E-state index in [2.05, 4.69) is 14.8 Å². The highest BCUT2D eigenvalue weighted by atomic mass is 32.2. The van der Waals surface area contributed by atoms with Crippen molar-refractivity contribution in [1.29, 1.82) is 0 Å². The van der Waals surface area contributed by atoms with E-state index in [-0.39, 0.29) is 10.8 Å². The van der Waals surface area contributed by atoms with Crippen LogP contribution >= 0.6 is 0 Å². The van der Waals surface area contributed by atoms with Crippen LogP contribution in [0.3, 0.4) is 0 Å². The number of hydrogen-bond acceptors (Lipinski definition) is 5. The quantitative estimate of drug-likeness (QED) is 0.704. The van der Waals surface area contributed by atoms with Crippen molar-refractivity contribution in [3.63, 3.8) is 0 Å². The second-order valence-electron chi connectivity index (χ2n) is 7.11. The lowest BCUT2D eigenvalue weighted by Crippen LogP contribution is -2.30. The number of hydrogen-bond donors (Lipinski definition) is 2. The van der Waals surface area contributed by atoms with Gasteiger partial charge in [0.15, 0.2) is 0 Å². The molecule has 142 valence electrons. The first-order chi connectivity index (χ1) is 12.4. The number of sulfonamides is 1. The molecule has 8 heteroatoms. The smallest absolute Gasteiger partial charge is 0.320 e. The number of rotatable bonds is 7. The summed E-state index contributed by atoms with van der Waals surface area (Å²) in [6, 6.07) is 5.89. The van der Waals surface area contributed by atoms with Crippen molar-refractivity contribution in [2.24, 2.45) is 17.8 Å². The molecular weight excluding hydrogens is 356 g/mol. The third-order valence-corrected chi connectivity index (χ3v) is 6.83. The Morgan fingerprint density at radius 3 is 2.46 bits per heavy atom. The molecule has 26 heavy (non-hydrogen) atoms. The van der Waals surface area contributed by atoms with E-state index in [0.717, 1.165) is 12.3 Å². The van der Waals surface area contributed by atoms with Gasteiger partial charge in [-0.1, -0.05) is 6.42 Å². The summed E-state index contributed by atoms with van der Waals surface area (Å²) in [5.74, 6) is 1.29. The van der Waals surface area contributed by atoms with Crippen LogP contribution in [-0.2, 0) is 24.3 Å². The molecular formula is C18H24N2O5S. The van der Waals surface area contributed by atoms with E-state index in [1.165, 1.54) is 38.5 Å². The molecule has 0 saturated heterocycles. The van der Waals surface area contributed by atoms with Crippen molar-refractivity contribution in [2.45, 2.75) is 37.0 Å². The minimum absolute atomic E-state index is 0.0208. The second-order valence-corrected chi connectivity index (χ2v) is 8.88. The lowest BCUT2D eigenvalue weighted by atomic mass is 9.86. The largest absolute Gasteiger partial charge is 0.468 e. The first-order valence-corrected chi connectivity index (χ1v) is 10.3. The number of ether oxygens (including phenoxy) is 1. The summed E-state index contributed by atoms with van der Waals surface area (Å²) in [5, 5.41) is 2.84. The van der Waals surface area contributed by atoms with Gasteiger partial charge in [-0.3, -0.25) is 9.59 Å². The molecule has 0 unspecified atom stereocenters. The second kappa shape index (κ2) is 7.75. The summed E-state index contributed by atoms with van der Waals surface area (Å²) in [6.45, 7) is -0.430. The van der Waals surface area contributed by atoms with Crippen LogP contribution in [0.4, 0.5) is 5.69 Å². The van der Waals surface area contributed by atoms with Crippen molar-refractivity contribution in [2.75, 3.05) is 19.0 Å². The van der Waals surface area contributed by atoms with Gasteiger partial charge >= 0.3 is 5.97 Å². The Balaban J connectivity index is 1.54. The maximum Gasteiger partial charge on any atom is 0.320 e. The van der Waals surface area contributed by atoms with Crippen molar-refractivity contribution in [3.05, 3.63) is 24.3 Å².